The molecule has 102 valence electrons. The van der Waals surface area contributed by atoms with Gasteiger partial charge in [0.1, 0.15) is 6.54 Å². The predicted octanol–water partition coefficient (Wildman–Crippen LogP) is 0.788. The van der Waals surface area contributed by atoms with Gasteiger partial charge in [-0.2, -0.15) is 5.10 Å². The lowest BCUT2D eigenvalue weighted by Crippen LogP contribution is -2.29. The first kappa shape index (κ1) is 14.5. The summed E-state index contributed by atoms with van der Waals surface area (Å²) in [6.07, 6.45) is 6.22. The molecule has 1 aromatic heterocycles. The molecule has 0 aliphatic carbocycles. The Kier molecular flexibility index (Phi) is 6.86. The third-order valence-electron chi connectivity index (χ3n) is 2.39. The molecule has 18 heavy (non-hydrogen) atoms. The molecule has 0 bridgehead atoms. The van der Waals surface area contributed by atoms with E-state index < -0.39 is 0 Å². The van der Waals surface area contributed by atoms with Crippen LogP contribution in [0.15, 0.2) is 12.4 Å². The normalized spacial score (nSPS) is 10.5. The van der Waals surface area contributed by atoms with E-state index in [2.05, 4.69) is 17.3 Å². The van der Waals surface area contributed by atoms with Crippen LogP contribution < -0.4 is 11.1 Å². The van der Waals surface area contributed by atoms with Crippen LogP contribution in [0.25, 0.3) is 0 Å². The van der Waals surface area contributed by atoms with Crippen LogP contribution >= 0.6 is 0 Å². The zero-order chi connectivity index (χ0) is 13.2. The highest BCUT2D eigenvalue weighted by atomic mass is 16.5. The number of hydrogen-bond donors (Lipinski definition) is 2. The predicted molar refractivity (Wildman–Crippen MR) is 70.0 cm³/mol. The van der Waals surface area contributed by atoms with Crippen LogP contribution in [0.2, 0.25) is 0 Å². The van der Waals surface area contributed by atoms with Crippen LogP contribution in [0, 0.1) is 0 Å². The highest BCUT2D eigenvalue weighted by molar-refractivity contribution is 5.75. The van der Waals surface area contributed by atoms with Crippen molar-refractivity contribution in [2.45, 2.75) is 32.7 Å². The molecule has 6 nitrogen and oxygen atoms in total. The molecule has 0 atom stereocenters. The second-order valence-electron chi connectivity index (χ2n) is 4.14. The Morgan fingerprint density at radius 2 is 2.28 bits per heavy atom. The van der Waals surface area contributed by atoms with Gasteiger partial charge in [0, 0.05) is 26.0 Å². The summed E-state index contributed by atoms with van der Waals surface area (Å²) in [6, 6.07) is 0. The van der Waals surface area contributed by atoms with Crippen molar-refractivity contribution in [2.75, 3.05) is 25.5 Å². The average molecular weight is 254 g/mol. The Balaban J connectivity index is 2.00. The Hall–Kier alpha value is -1.56. The monoisotopic (exact) mass is 254 g/mol. The highest BCUT2D eigenvalue weighted by Crippen LogP contribution is 1.97. The number of nitrogens with one attached hydrogen (secondary N) is 1. The maximum Gasteiger partial charge on any atom is 0.241 e. The molecule has 0 fully saturated rings. The zero-order valence-electron chi connectivity index (χ0n) is 10.9. The van der Waals surface area contributed by atoms with E-state index in [4.69, 9.17) is 10.5 Å². The van der Waals surface area contributed by atoms with Crippen molar-refractivity contribution in [1.82, 2.24) is 15.1 Å². The van der Waals surface area contributed by atoms with Crippen molar-refractivity contribution in [2.24, 2.45) is 0 Å². The van der Waals surface area contributed by atoms with Gasteiger partial charge in [-0.15, -0.1) is 0 Å². The van der Waals surface area contributed by atoms with Crippen LogP contribution in [0.5, 0.6) is 0 Å². The molecule has 0 saturated heterocycles. The smallest absolute Gasteiger partial charge is 0.241 e. The van der Waals surface area contributed by atoms with Gasteiger partial charge in [-0.05, 0) is 12.8 Å². The summed E-state index contributed by atoms with van der Waals surface area (Å²) < 4.78 is 6.91. The van der Waals surface area contributed by atoms with Crippen molar-refractivity contribution in [3.8, 4) is 0 Å². The maximum absolute atomic E-state index is 11.5. The average Bonchev–Trinajstić information content (AvgIpc) is 2.73. The fourth-order valence-electron chi connectivity index (χ4n) is 1.42. The van der Waals surface area contributed by atoms with E-state index in [1.54, 1.807) is 6.20 Å². The van der Waals surface area contributed by atoms with E-state index in [0.717, 1.165) is 25.9 Å². The second kappa shape index (κ2) is 8.52. The number of unbranched alkanes of at least 4 members (excludes halogenated alkanes) is 1. The first-order valence-corrected chi connectivity index (χ1v) is 6.34. The van der Waals surface area contributed by atoms with Gasteiger partial charge >= 0.3 is 0 Å². The van der Waals surface area contributed by atoms with E-state index in [9.17, 15) is 4.79 Å². The number of aromatic nitrogens is 2. The number of hydrogen-bond acceptors (Lipinski definition) is 4. The summed E-state index contributed by atoms with van der Waals surface area (Å²) >= 11 is 0. The Morgan fingerprint density at radius 3 is 2.94 bits per heavy atom. The lowest BCUT2D eigenvalue weighted by atomic mass is 10.3. The molecule has 0 aliphatic rings. The third-order valence-corrected chi connectivity index (χ3v) is 2.39. The SMILES string of the molecule is CCCCOCCCNC(=O)Cn1cc(N)cn1. The molecule has 0 saturated carbocycles. The van der Waals surface area contributed by atoms with Crippen molar-refractivity contribution in [3.63, 3.8) is 0 Å². The Bertz CT molecular complexity index is 352. The van der Waals surface area contributed by atoms with Gasteiger partial charge in [-0.25, -0.2) is 0 Å². The van der Waals surface area contributed by atoms with E-state index >= 15 is 0 Å². The summed E-state index contributed by atoms with van der Waals surface area (Å²) in [5.41, 5.74) is 6.06. The summed E-state index contributed by atoms with van der Waals surface area (Å²) in [5, 5.41) is 6.75. The lowest BCUT2D eigenvalue weighted by molar-refractivity contribution is -0.121. The molecular formula is C12H22N4O2. The van der Waals surface area contributed by atoms with Crippen LogP contribution in [-0.2, 0) is 16.1 Å². The molecular weight excluding hydrogens is 232 g/mol. The molecule has 0 aromatic carbocycles. The number of carbonyl (C=O) groups excluding carboxylic acids is 1. The molecule has 3 N–H and O–H groups in total. The van der Waals surface area contributed by atoms with Gasteiger partial charge in [0.2, 0.25) is 5.91 Å². The second-order valence-corrected chi connectivity index (χ2v) is 4.14. The number of carbonyl (C=O) groups is 1. The molecule has 1 heterocycles. The molecule has 0 aliphatic heterocycles. The minimum absolute atomic E-state index is 0.0633. The van der Waals surface area contributed by atoms with Gasteiger partial charge in [-0.1, -0.05) is 13.3 Å². The minimum Gasteiger partial charge on any atom is -0.396 e. The first-order valence-electron chi connectivity index (χ1n) is 6.34. The molecule has 0 spiro atoms. The molecule has 1 amide bonds. The number of rotatable bonds is 9. The Morgan fingerprint density at radius 1 is 1.50 bits per heavy atom. The topological polar surface area (TPSA) is 82.2 Å². The number of nitrogens with two attached hydrogens (primary N) is 1. The van der Waals surface area contributed by atoms with E-state index in [0.29, 0.717) is 18.8 Å². The van der Waals surface area contributed by atoms with Crippen LogP contribution in [0.1, 0.15) is 26.2 Å². The van der Waals surface area contributed by atoms with Crippen molar-refractivity contribution < 1.29 is 9.53 Å². The number of amides is 1. The Labute approximate surface area is 107 Å². The zero-order valence-corrected chi connectivity index (χ0v) is 10.9. The number of nitrogens with zero attached hydrogens (tertiary/aromatic N) is 2. The number of anilines is 1. The third kappa shape index (κ3) is 6.24. The van der Waals surface area contributed by atoms with Gasteiger partial charge in [0.25, 0.3) is 0 Å². The van der Waals surface area contributed by atoms with Crippen molar-refractivity contribution >= 4 is 11.6 Å². The minimum atomic E-state index is -0.0633. The van der Waals surface area contributed by atoms with Gasteiger partial charge in [-0.3, -0.25) is 9.48 Å². The standard InChI is InChI=1S/C12H22N4O2/c1-2-3-6-18-7-4-5-14-12(17)10-16-9-11(13)8-15-16/h8-9H,2-7,10,13H2,1H3,(H,14,17). The summed E-state index contributed by atoms with van der Waals surface area (Å²) in [5.74, 6) is -0.0633. The first-order chi connectivity index (χ1) is 8.72. The van der Waals surface area contributed by atoms with Crippen molar-refractivity contribution in [3.05, 3.63) is 12.4 Å². The molecule has 0 radical (unpaired) electrons. The van der Waals surface area contributed by atoms with Gasteiger partial charge < -0.3 is 15.8 Å². The maximum atomic E-state index is 11.5. The van der Waals surface area contributed by atoms with Crippen LogP contribution in [0.4, 0.5) is 5.69 Å². The number of ether oxygens (including phenoxy) is 1. The van der Waals surface area contributed by atoms with E-state index in [1.165, 1.54) is 10.9 Å². The molecule has 1 rings (SSSR count). The number of nitrogen functional groups attached to an aromatic ring is 1. The highest BCUT2D eigenvalue weighted by Gasteiger charge is 2.02. The van der Waals surface area contributed by atoms with Gasteiger partial charge in [0.15, 0.2) is 0 Å². The summed E-state index contributed by atoms with van der Waals surface area (Å²) in [6.45, 7) is 4.45. The molecule has 1 aromatic rings. The van der Waals surface area contributed by atoms with Gasteiger partial charge in [0.05, 0.1) is 11.9 Å². The molecule has 6 heteroatoms. The lowest BCUT2D eigenvalue weighted by Gasteiger charge is -2.06. The summed E-state index contributed by atoms with van der Waals surface area (Å²) in [4.78, 5) is 11.5. The fraction of sp³-hybridized carbons (Fsp3) is 0.667. The quantitative estimate of drug-likeness (QED) is 0.638. The van der Waals surface area contributed by atoms with E-state index in [-0.39, 0.29) is 12.5 Å². The molecule has 0 unspecified atom stereocenters. The van der Waals surface area contributed by atoms with Crippen LogP contribution in [-0.4, -0.2) is 35.4 Å². The fourth-order valence-corrected chi connectivity index (χ4v) is 1.42. The summed E-state index contributed by atoms with van der Waals surface area (Å²) in [7, 11) is 0. The van der Waals surface area contributed by atoms with Crippen molar-refractivity contribution in [1.29, 1.82) is 0 Å². The largest absolute Gasteiger partial charge is 0.396 e. The van der Waals surface area contributed by atoms with E-state index in [1.807, 2.05) is 0 Å². The van der Waals surface area contributed by atoms with Crippen LogP contribution in [0.3, 0.4) is 0 Å².